The molecule has 1 aromatic carbocycles. The maximum atomic E-state index is 14.3. The summed E-state index contributed by atoms with van der Waals surface area (Å²) in [5.74, 6) is 0.107. The molecule has 0 aliphatic carbocycles. The predicted octanol–water partition coefficient (Wildman–Crippen LogP) is 7.95. The number of rotatable bonds is 14. The molecule has 0 aromatic heterocycles. The van der Waals surface area contributed by atoms with Gasteiger partial charge in [0, 0.05) is 5.69 Å². The highest BCUT2D eigenvalue weighted by Crippen LogP contribution is 2.69. The zero-order chi connectivity index (χ0) is 25.5. The fraction of sp³-hybridized carbons (Fsp3) is 0.760. The van der Waals surface area contributed by atoms with Gasteiger partial charge in [-0.3, -0.25) is 9.13 Å². The molecule has 0 amide bonds. The molecule has 1 aliphatic rings. The maximum Gasteiger partial charge on any atom is 0.352 e. The molecular formula is C25H45NO6P2. The van der Waals surface area contributed by atoms with Crippen LogP contribution in [0.2, 0.25) is 0 Å². The Balaban J connectivity index is 2.47. The highest BCUT2D eigenvalue weighted by Gasteiger charge is 2.48. The van der Waals surface area contributed by atoms with Gasteiger partial charge in [-0.15, -0.1) is 0 Å². The van der Waals surface area contributed by atoms with Gasteiger partial charge in [-0.25, -0.2) is 0 Å². The molecule has 1 aliphatic heterocycles. The van der Waals surface area contributed by atoms with Crippen LogP contribution in [0.5, 0.6) is 0 Å². The average molecular weight is 518 g/mol. The van der Waals surface area contributed by atoms with Gasteiger partial charge < -0.3 is 23.4 Å². The highest BCUT2D eigenvalue weighted by molar-refractivity contribution is 7.55. The SMILES string of the molecule is CC(C)COP(=O)(OCC(C)C)C1CC(P(=O)(OCC(C)C)OCC(C)C)c2ccccc2N1. The van der Waals surface area contributed by atoms with Gasteiger partial charge in [0.2, 0.25) is 0 Å². The summed E-state index contributed by atoms with van der Waals surface area (Å²) in [5.41, 5.74) is 1.02. The summed E-state index contributed by atoms with van der Waals surface area (Å²) in [6.45, 7) is 17.3. The van der Waals surface area contributed by atoms with E-state index in [0.717, 1.165) is 11.3 Å². The number of nitrogens with one attached hydrogen (secondary N) is 1. The summed E-state index contributed by atoms with van der Waals surface area (Å²) in [4.78, 5) is 0. The summed E-state index contributed by atoms with van der Waals surface area (Å²) >= 11 is 0. The van der Waals surface area contributed by atoms with Crippen LogP contribution in [0, 0.1) is 23.7 Å². The third-order valence-corrected chi connectivity index (χ3v) is 9.59. The van der Waals surface area contributed by atoms with Gasteiger partial charge in [-0.2, -0.15) is 0 Å². The van der Waals surface area contributed by atoms with Crippen LogP contribution in [0.1, 0.15) is 73.0 Å². The Kier molecular flexibility index (Phi) is 11.3. The minimum Gasteiger partial charge on any atom is -0.371 e. The van der Waals surface area contributed by atoms with E-state index in [2.05, 4.69) is 5.32 Å². The summed E-state index contributed by atoms with van der Waals surface area (Å²) in [7, 11) is -7.17. The Morgan fingerprint density at radius 1 is 0.735 bits per heavy atom. The zero-order valence-corrected chi connectivity index (χ0v) is 23.9. The second-order valence-electron chi connectivity index (χ2n) is 10.8. The molecule has 34 heavy (non-hydrogen) atoms. The fourth-order valence-corrected chi connectivity index (χ4v) is 8.31. The molecule has 1 aromatic rings. The predicted molar refractivity (Wildman–Crippen MR) is 140 cm³/mol. The number of fused-ring (bicyclic) bond motifs is 1. The van der Waals surface area contributed by atoms with E-state index in [9.17, 15) is 9.13 Å². The van der Waals surface area contributed by atoms with Crippen LogP contribution in [0.4, 0.5) is 5.69 Å². The van der Waals surface area contributed by atoms with E-state index >= 15 is 0 Å². The monoisotopic (exact) mass is 517 g/mol. The van der Waals surface area contributed by atoms with Crippen LogP contribution < -0.4 is 5.32 Å². The highest BCUT2D eigenvalue weighted by atomic mass is 31.2. The van der Waals surface area contributed by atoms with Crippen molar-refractivity contribution >= 4 is 20.9 Å². The van der Waals surface area contributed by atoms with Crippen molar-refractivity contribution in [1.82, 2.24) is 0 Å². The molecule has 1 N–H and O–H groups in total. The van der Waals surface area contributed by atoms with Gasteiger partial charge in [0.25, 0.3) is 0 Å². The topological polar surface area (TPSA) is 83.1 Å². The number of hydrogen-bond donors (Lipinski definition) is 1. The number of hydrogen-bond acceptors (Lipinski definition) is 7. The second kappa shape index (κ2) is 13.0. The lowest BCUT2D eigenvalue weighted by Crippen LogP contribution is -2.31. The number of para-hydroxylation sites is 1. The van der Waals surface area contributed by atoms with Crippen LogP contribution in [-0.2, 0) is 27.2 Å². The van der Waals surface area contributed by atoms with Crippen molar-refractivity contribution in [2.75, 3.05) is 31.7 Å². The van der Waals surface area contributed by atoms with E-state index in [0.29, 0.717) is 26.4 Å². The van der Waals surface area contributed by atoms with Crippen molar-refractivity contribution in [1.29, 1.82) is 0 Å². The largest absolute Gasteiger partial charge is 0.371 e. The Morgan fingerprint density at radius 2 is 1.15 bits per heavy atom. The Hall–Kier alpha value is -0.680. The van der Waals surface area contributed by atoms with Crippen molar-refractivity contribution in [2.24, 2.45) is 23.7 Å². The Morgan fingerprint density at radius 3 is 1.59 bits per heavy atom. The van der Waals surface area contributed by atoms with Crippen molar-refractivity contribution in [2.45, 2.75) is 73.3 Å². The summed E-state index contributed by atoms with van der Waals surface area (Å²) in [5, 5.41) is 3.37. The van der Waals surface area contributed by atoms with E-state index in [1.54, 1.807) is 0 Å². The van der Waals surface area contributed by atoms with E-state index in [1.807, 2.05) is 79.7 Å². The number of benzene rings is 1. The number of anilines is 1. The lowest BCUT2D eigenvalue weighted by molar-refractivity contribution is 0.159. The zero-order valence-electron chi connectivity index (χ0n) is 22.2. The Labute approximate surface area is 206 Å². The van der Waals surface area contributed by atoms with E-state index in [1.165, 1.54) is 0 Å². The van der Waals surface area contributed by atoms with E-state index in [-0.39, 0.29) is 30.1 Å². The van der Waals surface area contributed by atoms with Crippen LogP contribution in [0.15, 0.2) is 24.3 Å². The molecule has 0 fully saturated rings. The molecule has 9 heteroatoms. The van der Waals surface area contributed by atoms with Gasteiger partial charge in [0.1, 0.15) is 5.78 Å². The quantitative estimate of drug-likeness (QED) is 0.251. The molecular weight excluding hydrogens is 472 g/mol. The van der Waals surface area contributed by atoms with Crippen LogP contribution in [0.25, 0.3) is 0 Å². The Bertz CT molecular complexity index is 826. The molecule has 0 saturated heterocycles. The minimum atomic E-state index is -3.59. The molecule has 1 heterocycles. The first kappa shape index (κ1) is 29.5. The minimum absolute atomic E-state index is 0.192. The van der Waals surface area contributed by atoms with Crippen molar-refractivity contribution in [3.8, 4) is 0 Å². The molecule has 2 rings (SSSR count). The third kappa shape index (κ3) is 8.47. The van der Waals surface area contributed by atoms with Gasteiger partial charge in [0.15, 0.2) is 0 Å². The van der Waals surface area contributed by atoms with Gasteiger partial charge >= 0.3 is 15.2 Å². The van der Waals surface area contributed by atoms with Gasteiger partial charge in [-0.05, 0) is 41.7 Å². The van der Waals surface area contributed by atoms with E-state index < -0.39 is 26.6 Å². The van der Waals surface area contributed by atoms with E-state index in [4.69, 9.17) is 18.1 Å². The van der Waals surface area contributed by atoms with Crippen molar-refractivity contribution in [3.63, 3.8) is 0 Å². The fourth-order valence-electron chi connectivity index (χ4n) is 3.45. The third-order valence-electron chi connectivity index (χ3n) is 5.20. The summed E-state index contributed by atoms with van der Waals surface area (Å²) < 4.78 is 52.4. The first-order chi connectivity index (χ1) is 15.9. The molecule has 2 unspecified atom stereocenters. The molecule has 2 atom stereocenters. The molecule has 196 valence electrons. The summed E-state index contributed by atoms with van der Waals surface area (Å²) in [6, 6.07) is 7.64. The molecule has 0 spiro atoms. The lowest BCUT2D eigenvalue weighted by atomic mass is 10.0. The van der Waals surface area contributed by atoms with Gasteiger partial charge in [0.05, 0.1) is 32.1 Å². The van der Waals surface area contributed by atoms with Crippen LogP contribution in [-0.4, -0.2) is 32.2 Å². The van der Waals surface area contributed by atoms with Crippen LogP contribution >= 0.6 is 15.2 Å². The van der Waals surface area contributed by atoms with Crippen molar-refractivity contribution < 1.29 is 27.2 Å². The second-order valence-corrected chi connectivity index (χ2v) is 15.3. The lowest BCUT2D eigenvalue weighted by Gasteiger charge is -2.39. The standard InChI is InChI=1S/C25H45NO6P2/c1-18(2)14-29-33(27,30-15-19(3)4)24-13-25(26-23-12-10-9-11-22(23)24)34(28,31-16-20(5)6)32-17-21(7)8/h9-12,18-21,24-26H,13-17H2,1-8H3. The molecule has 0 bridgehead atoms. The van der Waals surface area contributed by atoms with Crippen molar-refractivity contribution in [3.05, 3.63) is 29.8 Å². The van der Waals surface area contributed by atoms with Crippen LogP contribution in [0.3, 0.4) is 0 Å². The first-order valence-electron chi connectivity index (χ1n) is 12.5. The summed E-state index contributed by atoms with van der Waals surface area (Å²) in [6.07, 6.45) is 0.262. The molecule has 7 nitrogen and oxygen atoms in total. The normalized spacial score (nSPS) is 19.2. The maximum absolute atomic E-state index is 14.3. The first-order valence-corrected chi connectivity index (χ1v) is 15.7. The average Bonchev–Trinajstić information content (AvgIpc) is 2.78. The molecule has 0 radical (unpaired) electrons. The van der Waals surface area contributed by atoms with Gasteiger partial charge in [-0.1, -0.05) is 73.6 Å². The molecule has 0 saturated carbocycles. The smallest absolute Gasteiger partial charge is 0.352 e.